The number of aromatic nitrogens is 2. The average molecular weight is 484 g/mol. The Hall–Kier alpha value is -3.78. The van der Waals surface area contributed by atoms with E-state index in [2.05, 4.69) is 10.4 Å². The van der Waals surface area contributed by atoms with E-state index in [9.17, 15) is 9.18 Å². The second-order valence-corrected chi connectivity index (χ2v) is 7.85. The molecule has 0 spiro atoms. The van der Waals surface area contributed by atoms with Crippen molar-refractivity contribution >= 4 is 23.3 Å². The maximum Gasteiger partial charge on any atom is 0.292 e. The van der Waals surface area contributed by atoms with Gasteiger partial charge in [-0.05, 0) is 62.4 Å². The molecule has 1 N–H and O–H groups in total. The molecule has 0 atom stereocenters. The first-order valence-electron chi connectivity index (χ1n) is 10.7. The van der Waals surface area contributed by atoms with Crippen LogP contribution in [0, 0.1) is 12.7 Å². The van der Waals surface area contributed by atoms with Gasteiger partial charge in [-0.2, -0.15) is 5.10 Å². The summed E-state index contributed by atoms with van der Waals surface area (Å²) >= 11 is 6.11. The highest BCUT2D eigenvalue weighted by atomic mass is 35.5. The normalized spacial score (nSPS) is 10.8. The number of benzene rings is 2. The van der Waals surface area contributed by atoms with Crippen molar-refractivity contribution in [1.82, 2.24) is 9.78 Å². The predicted molar refractivity (Wildman–Crippen MR) is 126 cm³/mol. The van der Waals surface area contributed by atoms with Crippen LogP contribution >= 0.6 is 11.6 Å². The number of anilines is 1. The minimum atomic E-state index is -0.458. The van der Waals surface area contributed by atoms with Crippen molar-refractivity contribution < 1.29 is 23.1 Å². The smallest absolute Gasteiger partial charge is 0.292 e. The zero-order valence-electron chi connectivity index (χ0n) is 18.7. The van der Waals surface area contributed by atoms with E-state index in [1.807, 2.05) is 19.1 Å². The summed E-state index contributed by atoms with van der Waals surface area (Å²) in [5.74, 6) is 1.48. The van der Waals surface area contributed by atoms with Crippen molar-refractivity contribution in [2.24, 2.45) is 0 Å². The largest absolute Gasteiger partial charge is 0.494 e. The lowest BCUT2D eigenvalue weighted by molar-refractivity contribution is 0.0992. The highest BCUT2D eigenvalue weighted by molar-refractivity contribution is 6.31. The van der Waals surface area contributed by atoms with Gasteiger partial charge in [-0.1, -0.05) is 17.7 Å². The minimum Gasteiger partial charge on any atom is -0.494 e. The number of nitrogens with one attached hydrogen (secondary N) is 1. The molecule has 0 unspecified atom stereocenters. The van der Waals surface area contributed by atoms with Crippen LogP contribution in [0.1, 0.15) is 34.5 Å². The quantitative estimate of drug-likeness (QED) is 0.323. The van der Waals surface area contributed by atoms with E-state index in [4.69, 9.17) is 25.5 Å². The van der Waals surface area contributed by atoms with E-state index < -0.39 is 11.7 Å². The Morgan fingerprint density at radius 2 is 1.85 bits per heavy atom. The topological polar surface area (TPSA) is 78.5 Å². The van der Waals surface area contributed by atoms with Gasteiger partial charge in [-0.3, -0.25) is 9.48 Å². The monoisotopic (exact) mass is 483 g/mol. The van der Waals surface area contributed by atoms with E-state index in [-0.39, 0.29) is 18.9 Å². The third-order valence-electron chi connectivity index (χ3n) is 4.99. The number of nitrogens with zero attached hydrogens (tertiary/aromatic N) is 2. The van der Waals surface area contributed by atoms with Gasteiger partial charge < -0.3 is 19.2 Å². The minimum absolute atomic E-state index is 0.120. The van der Waals surface area contributed by atoms with Crippen molar-refractivity contribution in [2.45, 2.75) is 27.0 Å². The second kappa shape index (κ2) is 10.4. The number of halogens is 2. The number of ether oxygens (including phenoxy) is 2. The van der Waals surface area contributed by atoms with E-state index in [1.165, 1.54) is 6.07 Å². The number of amides is 1. The Bertz CT molecular complexity index is 1260. The molecule has 1 amide bonds. The van der Waals surface area contributed by atoms with Crippen LogP contribution in [0.15, 0.2) is 65.1 Å². The van der Waals surface area contributed by atoms with Crippen LogP contribution in [-0.2, 0) is 13.2 Å². The fraction of sp³-hybridized carbons (Fsp3) is 0.200. The first kappa shape index (κ1) is 23.4. The van der Waals surface area contributed by atoms with Gasteiger partial charge >= 0.3 is 0 Å². The van der Waals surface area contributed by atoms with Gasteiger partial charge in [0.05, 0.1) is 13.2 Å². The SMILES string of the molecule is CCOc1ccc(OCc2ccc(C(=O)Nc3cc(C)n(Cc4c(F)cccc4Cl)n3)o2)cc1. The van der Waals surface area contributed by atoms with Gasteiger partial charge in [0.1, 0.15) is 29.7 Å². The highest BCUT2D eigenvalue weighted by Gasteiger charge is 2.16. The first-order chi connectivity index (χ1) is 16.4. The molecule has 9 heteroatoms. The number of aryl methyl sites for hydroxylation is 1. The van der Waals surface area contributed by atoms with Gasteiger partial charge in [-0.25, -0.2) is 4.39 Å². The lowest BCUT2D eigenvalue weighted by Gasteiger charge is -2.07. The van der Waals surface area contributed by atoms with Crippen LogP contribution < -0.4 is 14.8 Å². The molecule has 7 nitrogen and oxygen atoms in total. The number of rotatable bonds is 9. The molecule has 0 fully saturated rings. The zero-order chi connectivity index (χ0) is 24.1. The summed E-state index contributed by atoms with van der Waals surface area (Å²) < 4.78 is 32.4. The Morgan fingerprint density at radius 3 is 2.56 bits per heavy atom. The summed E-state index contributed by atoms with van der Waals surface area (Å²) in [6, 6.07) is 16.7. The molecule has 0 saturated carbocycles. The molecular weight excluding hydrogens is 461 g/mol. The molecule has 4 aromatic rings. The van der Waals surface area contributed by atoms with Gasteiger partial charge in [0.25, 0.3) is 5.91 Å². The molecule has 0 aliphatic carbocycles. The Kier molecular flexibility index (Phi) is 7.18. The van der Waals surface area contributed by atoms with E-state index >= 15 is 0 Å². The lowest BCUT2D eigenvalue weighted by atomic mass is 10.2. The first-order valence-corrected chi connectivity index (χ1v) is 11.0. The van der Waals surface area contributed by atoms with Crippen LogP contribution in [-0.4, -0.2) is 22.3 Å². The second-order valence-electron chi connectivity index (χ2n) is 7.44. The molecule has 0 aliphatic heterocycles. The number of carbonyl (C=O) groups is 1. The molecule has 0 bridgehead atoms. The highest BCUT2D eigenvalue weighted by Crippen LogP contribution is 2.22. The van der Waals surface area contributed by atoms with Crippen LogP contribution in [0.4, 0.5) is 10.2 Å². The summed E-state index contributed by atoms with van der Waals surface area (Å²) in [4.78, 5) is 12.6. The molecule has 0 saturated heterocycles. The molecule has 4 rings (SSSR count). The average Bonchev–Trinajstić information content (AvgIpc) is 3.42. The van der Waals surface area contributed by atoms with E-state index in [0.717, 1.165) is 11.4 Å². The summed E-state index contributed by atoms with van der Waals surface area (Å²) in [6.07, 6.45) is 0. The maximum atomic E-state index is 14.1. The lowest BCUT2D eigenvalue weighted by Crippen LogP contribution is -2.12. The van der Waals surface area contributed by atoms with Crippen molar-refractivity contribution in [2.75, 3.05) is 11.9 Å². The van der Waals surface area contributed by atoms with Gasteiger partial charge in [0, 0.05) is 22.3 Å². The molecule has 34 heavy (non-hydrogen) atoms. The third-order valence-corrected chi connectivity index (χ3v) is 5.35. The van der Waals surface area contributed by atoms with Crippen LogP contribution in [0.2, 0.25) is 5.02 Å². The van der Waals surface area contributed by atoms with Gasteiger partial charge in [-0.15, -0.1) is 0 Å². The number of carbonyl (C=O) groups excluding carboxylic acids is 1. The van der Waals surface area contributed by atoms with Crippen LogP contribution in [0.3, 0.4) is 0 Å². The summed E-state index contributed by atoms with van der Waals surface area (Å²) in [5.41, 5.74) is 1.06. The van der Waals surface area contributed by atoms with E-state index in [0.29, 0.717) is 34.5 Å². The summed E-state index contributed by atoms with van der Waals surface area (Å²) in [6.45, 7) is 4.63. The number of hydrogen-bond acceptors (Lipinski definition) is 5. The molecule has 0 radical (unpaired) electrons. The standard InChI is InChI=1S/C25H23ClFN3O4/c1-3-32-17-7-9-18(10-8-17)33-15-19-11-12-23(34-19)25(31)28-24-13-16(2)30(29-24)14-20-21(26)5-4-6-22(20)27/h4-13H,3,14-15H2,1-2H3,(H,28,29,31). The fourth-order valence-electron chi connectivity index (χ4n) is 3.27. The molecule has 176 valence electrons. The molecular formula is C25H23ClFN3O4. The Labute approximate surface area is 201 Å². The van der Waals surface area contributed by atoms with Gasteiger partial charge in [0.2, 0.25) is 0 Å². The third kappa shape index (κ3) is 5.58. The number of hydrogen-bond donors (Lipinski definition) is 1. The summed E-state index contributed by atoms with van der Waals surface area (Å²) in [5, 5.41) is 7.35. The van der Waals surface area contributed by atoms with Crippen LogP contribution in [0.5, 0.6) is 11.5 Å². The summed E-state index contributed by atoms with van der Waals surface area (Å²) in [7, 11) is 0. The fourth-order valence-corrected chi connectivity index (χ4v) is 3.50. The van der Waals surface area contributed by atoms with Gasteiger partial charge in [0.15, 0.2) is 11.6 Å². The predicted octanol–water partition coefficient (Wildman–Crippen LogP) is 5.86. The van der Waals surface area contributed by atoms with E-state index in [1.54, 1.807) is 54.1 Å². The molecule has 2 aromatic heterocycles. The molecule has 2 aromatic carbocycles. The molecule has 2 heterocycles. The Morgan fingerprint density at radius 1 is 1.12 bits per heavy atom. The van der Waals surface area contributed by atoms with Crippen molar-refractivity contribution in [3.63, 3.8) is 0 Å². The van der Waals surface area contributed by atoms with Crippen molar-refractivity contribution in [3.8, 4) is 11.5 Å². The Balaban J connectivity index is 1.36. The zero-order valence-corrected chi connectivity index (χ0v) is 19.4. The van der Waals surface area contributed by atoms with Crippen LogP contribution in [0.25, 0.3) is 0 Å². The van der Waals surface area contributed by atoms with Crippen molar-refractivity contribution in [3.05, 3.63) is 94.3 Å². The number of furan rings is 1. The maximum absolute atomic E-state index is 14.1. The molecule has 0 aliphatic rings. The van der Waals surface area contributed by atoms with Crippen molar-refractivity contribution in [1.29, 1.82) is 0 Å².